The molecule has 1 aromatic carbocycles. The van der Waals surface area contributed by atoms with Gasteiger partial charge in [-0.2, -0.15) is 5.10 Å². The maximum Gasteiger partial charge on any atom is 0.138 e. The Bertz CT molecular complexity index is 509. The molecule has 1 heterocycles. The maximum absolute atomic E-state index is 6.23. The summed E-state index contributed by atoms with van der Waals surface area (Å²) in [7, 11) is 1.86. The zero-order valence-electron chi connectivity index (χ0n) is 10.7. The van der Waals surface area contributed by atoms with Gasteiger partial charge in [0.05, 0.1) is 6.61 Å². The van der Waals surface area contributed by atoms with E-state index in [1.54, 1.807) is 4.68 Å². The van der Waals surface area contributed by atoms with Gasteiger partial charge in [-0.1, -0.05) is 18.2 Å². The third-order valence-corrected chi connectivity index (χ3v) is 2.83. The van der Waals surface area contributed by atoms with Crippen molar-refractivity contribution in [1.82, 2.24) is 14.8 Å². The highest BCUT2D eigenvalue weighted by atomic mass is 16.5. The summed E-state index contributed by atoms with van der Waals surface area (Å²) in [5.41, 5.74) is 7.23. The first-order chi connectivity index (χ1) is 8.72. The van der Waals surface area contributed by atoms with Crippen molar-refractivity contribution in [2.75, 3.05) is 6.61 Å². The fraction of sp³-hybridized carbons (Fsp3) is 0.385. The van der Waals surface area contributed by atoms with Crippen LogP contribution in [0.3, 0.4) is 0 Å². The average Bonchev–Trinajstić information content (AvgIpc) is 2.76. The summed E-state index contributed by atoms with van der Waals surface area (Å²) in [5, 5.41) is 4.04. The fourth-order valence-electron chi connectivity index (χ4n) is 1.89. The normalized spacial score (nSPS) is 12.4. The van der Waals surface area contributed by atoms with Gasteiger partial charge in [-0.3, -0.25) is 4.68 Å². The lowest BCUT2D eigenvalue weighted by Crippen LogP contribution is -2.17. The van der Waals surface area contributed by atoms with Crippen LogP contribution in [0, 0.1) is 0 Å². The highest BCUT2D eigenvalue weighted by molar-refractivity contribution is 5.36. The van der Waals surface area contributed by atoms with Crippen molar-refractivity contribution in [2.45, 2.75) is 19.4 Å². The standard InChI is InChI=1S/C13H18N4O/c1-3-18-12-7-5-4-6-10(12)11(14)8-13-15-9-16-17(13)2/h4-7,9,11H,3,8,14H2,1-2H3. The Labute approximate surface area is 107 Å². The molecule has 2 rings (SSSR count). The molecule has 1 unspecified atom stereocenters. The van der Waals surface area contributed by atoms with Crippen LogP contribution >= 0.6 is 0 Å². The van der Waals surface area contributed by atoms with E-state index in [0.717, 1.165) is 17.1 Å². The molecular formula is C13H18N4O. The lowest BCUT2D eigenvalue weighted by Gasteiger charge is -2.15. The molecular weight excluding hydrogens is 228 g/mol. The van der Waals surface area contributed by atoms with E-state index < -0.39 is 0 Å². The first-order valence-electron chi connectivity index (χ1n) is 6.02. The van der Waals surface area contributed by atoms with E-state index in [9.17, 15) is 0 Å². The van der Waals surface area contributed by atoms with Gasteiger partial charge in [0, 0.05) is 25.1 Å². The Balaban J connectivity index is 2.18. The van der Waals surface area contributed by atoms with Gasteiger partial charge in [0.2, 0.25) is 0 Å². The number of nitrogens with zero attached hydrogens (tertiary/aromatic N) is 3. The number of benzene rings is 1. The van der Waals surface area contributed by atoms with Crippen LogP contribution in [0.5, 0.6) is 5.75 Å². The van der Waals surface area contributed by atoms with E-state index in [4.69, 9.17) is 10.5 Å². The topological polar surface area (TPSA) is 66.0 Å². The van der Waals surface area contributed by atoms with Crippen LogP contribution < -0.4 is 10.5 Å². The molecule has 18 heavy (non-hydrogen) atoms. The Morgan fingerprint density at radius 2 is 2.17 bits per heavy atom. The molecule has 0 saturated heterocycles. The van der Waals surface area contributed by atoms with E-state index in [2.05, 4.69) is 10.1 Å². The molecule has 2 aromatic rings. The van der Waals surface area contributed by atoms with Crippen LogP contribution in [0.4, 0.5) is 0 Å². The highest BCUT2D eigenvalue weighted by Crippen LogP contribution is 2.25. The minimum absolute atomic E-state index is 0.143. The zero-order valence-corrected chi connectivity index (χ0v) is 10.7. The van der Waals surface area contributed by atoms with Crippen LogP contribution in [0.25, 0.3) is 0 Å². The molecule has 1 aromatic heterocycles. The molecule has 0 bridgehead atoms. The summed E-state index contributed by atoms with van der Waals surface area (Å²) >= 11 is 0. The molecule has 96 valence electrons. The Morgan fingerprint density at radius 1 is 1.39 bits per heavy atom. The molecule has 0 spiro atoms. The molecule has 5 heteroatoms. The first-order valence-corrected chi connectivity index (χ1v) is 6.02. The van der Waals surface area contributed by atoms with E-state index >= 15 is 0 Å². The molecule has 0 saturated carbocycles. The Morgan fingerprint density at radius 3 is 2.83 bits per heavy atom. The molecule has 1 atom stereocenters. The van der Waals surface area contributed by atoms with Crippen LogP contribution in [0.1, 0.15) is 24.4 Å². The number of aryl methyl sites for hydroxylation is 1. The van der Waals surface area contributed by atoms with Crippen LogP contribution in [-0.4, -0.2) is 21.4 Å². The van der Waals surface area contributed by atoms with Crippen molar-refractivity contribution in [3.8, 4) is 5.75 Å². The van der Waals surface area contributed by atoms with E-state index in [1.807, 2.05) is 38.2 Å². The largest absolute Gasteiger partial charge is 0.494 e. The van der Waals surface area contributed by atoms with Gasteiger partial charge in [-0.05, 0) is 13.0 Å². The van der Waals surface area contributed by atoms with Crippen molar-refractivity contribution in [2.24, 2.45) is 12.8 Å². The second kappa shape index (κ2) is 5.64. The molecule has 5 nitrogen and oxygen atoms in total. The minimum atomic E-state index is -0.143. The third-order valence-electron chi connectivity index (χ3n) is 2.83. The number of para-hydroxylation sites is 1. The summed E-state index contributed by atoms with van der Waals surface area (Å²) < 4.78 is 7.32. The van der Waals surface area contributed by atoms with Gasteiger partial charge >= 0.3 is 0 Å². The number of rotatable bonds is 5. The molecule has 0 aliphatic carbocycles. The lowest BCUT2D eigenvalue weighted by atomic mass is 10.0. The smallest absolute Gasteiger partial charge is 0.138 e. The van der Waals surface area contributed by atoms with Gasteiger partial charge < -0.3 is 10.5 Å². The van der Waals surface area contributed by atoms with Gasteiger partial charge in [0.25, 0.3) is 0 Å². The van der Waals surface area contributed by atoms with Crippen LogP contribution in [0.2, 0.25) is 0 Å². The summed E-state index contributed by atoms with van der Waals surface area (Å²) in [6.07, 6.45) is 2.18. The van der Waals surface area contributed by atoms with Gasteiger partial charge in [-0.15, -0.1) is 0 Å². The number of hydrogen-bond donors (Lipinski definition) is 1. The maximum atomic E-state index is 6.23. The molecule has 0 fully saturated rings. The molecule has 0 aliphatic heterocycles. The number of ether oxygens (including phenoxy) is 1. The molecule has 0 aliphatic rings. The second-order valence-electron chi connectivity index (χ2n) is 4.08. The predicted octanol–water partition coefficient (Wildman–Crippen LogP) is 1.46. The summed E-state index contributed by atoms with van der Waals surface area (Å²) in [6, 6.07) is 7.70. The van der Waals surface area contributed by atoms with E-state index in [-0.39, 0.29) is 6.04 Å². The van der Waals surface area contributed by atoms with Gasteiger partial charge in [0.1, 0.15) is 17.9 Å². The Kier molecular flexibility index (Phi) is 3.94. The minimum Gasteiger partial charge on any atom is -0.494 e. The third kappa shape index (κ3) is 2.68. The van der Waals surface area contributed by atoms with Crippen molar-refractivity contribution in [3.63, 3.8) is 0 Å². The van der Waals surface area contributed by atoms with Gasteiger partial charge in [-0.25, -0.2) is 4.98 Å². The average molecular weight is 246 g/mol. The van der Waals surface area contributed by atoms with Crippen LogP contribution in [-0.2, 0) is 13.5 Å². The van der Waals surface area contributed by atoms with Crippen molar-refractivity contribution >= 4 is 0 Å². The lowest BCUT2D eigenvalue weighted by molar-refractivity contribution is 0.334. The molecule has 0 radical (unpaired) electrons. The Hall–Kier alpha value is -1.88. The highest BCUT2D eigenvalue weighted by Gasteiger charge is 2.14. The zero-order chi connectivity index (χ0) is 13.0. The van der Waals surface area contributed by atoms with E-state index in [0.29, 0.717) is 13.0 Å². The predicted molar refractivity (Wildman–Crippen MR) is 69.2 cm³/mol. The van der Waals surface area contributed by atoms with Crippen LogP contribution in [0.15, 0.2) is 30.6 Å². The summed E-state index contributed by atoms with van der Waals surface area (Å²) in [6.45, 7) is 2.60. The molecule has 0 amide bonds. The monoisotopic (exact) mass is 246 g/mol. The summed E-state index contributed by atoms with van der Waals surface area (Å²) in [5.74, 6) is 1.71. The van der Waals surface area contributed by atoms with Gasteiger partial charge in [0.15, 0.2) is 0 Å². The number of aromatic nitrogens is 3. The van der Waals surface area contributed by atoms with Crippen molar-refractivity contribution in [3.05, 3.63) is 42.0 Å². The van der Waals surface area contributed by atoms with Crippen molar-refractivity contribution in [1.29, 1.82) is 0 Å². The first kappa shape index (κ1) is 12.6. The quantitative estimate of drug-likeness (QED) is 0.867. The van der Waals surface area contributed by atoms with E-state index in [1.165, 1.54) is 6.33 Å². The summed E-state index contributed by atoms with van der Waals surface area (Å²) in [4.78, 5) is 4.19. The fourth-order valence-corrected chi connectivity index (χ4v) is 1.89. The molecule has 2 N–H and O–H groups in total. The van der Waals surface area contributed by atoms with Crippen molar-refractivity contribution < 1.29 is 4.74 Å². The second-order valence-corrected chi connectivity index (χ2v) is 4.08. The SMILES string of the molecule is CCOc1ccccc1C(N)Cc1ncnn1C. The number of hydrogen-bond acceptors (Lipinski definition) is 4. The number of nitrogens with two attached hydrogens (primary N) is 1.